The Morgan fingerprint density at radius 3 is 1.85 bits per heavy atom. The second-order valence-corrected chi connectivity index (χ2v) is 11.2. The Bertz CT molecular complexity index is 1910. The third-order valence-corrected chi connectivity index (χ3v) is 8.36. The van der Waals surface area contributed by atoms with Gasteiger partial charge in [-0.1, -0.05) is 92.7 Å². The molecule has 0 N–H and O–H groups in total. The van der Waals surface area contributed by atoms with E-state index in [2.05, 4.69) is 131 Å². The molecular weight excluding hydrogens is 472 g/mol. The molecular formula is C37H30N2. The standard InChI is InChI=1S/C37H30N2/c1-23-21-26(34-19-15-25-9-5-8-12-33(25)38-34)13-16-28(23)29-17-14-27(22-24(29)2)35-20-18-32-36(39-35)30-10-6-7-11-31(30)37(32,3)4/h5-22H,1-4H3. The van der Waals surface area contributed by atoms with Crippen LogP contribution in [0.2, 0.25) is 0 Å². The van der Waals surface area contributed by atoms with Crippen LogP contribution >= 0.6 is 0 Å². The van der Waals surface area contributed by atoms with Crippen molar-refractivity contribution in [2.45, 2.75) is 33.1 Å². The molecule has 188 valence electrons. The number of para-hydroxylation sites is 1. The van der Waals surface area contributed by atoms with Gasteiger partial charge in [0.25, 0.3) is 0 Å². The minimum atomic E-state index is -0.0245. The van der Waals surface area contributed by atoms with Crippen molar-refractivity contribution < 1.29 is 0 Å². The van der Waals surface area contributed by atoms with E-state index < -0.39 is 0 Å². The summed E-state index contributed by atoms with van der Waals surface area (Å²) in [5.41, 5.74) is 15.3. The lowest BCUT2D eigenvalue weighted by Gasteiger charge is -2.21. The third-order valence-electron chi connectivity index (χ3n) is 8.36. The fourth-order valence-electron chi connectivity index (χ4n) is 6.19. The summed E-state index contributed by atoms with van der Waals surface area (Å²) >= 11 is 0. The molecule has 4 aromatic carbocycles. The fourth-order valence-corrected chi connectivity index (χ4v) is 6.19. The van der Waals surface area contributed by atoms with E-state index in [-0.39, 0.29) is 5.41 Å². The first-order chi connectivity index (χ1) is 18.9. The molecule has 2 aromatic heterocycles. The summed E-state index contributed by atoms with van der Waals surface area (Å²) in [6.45, 7) is 8.97. The average molecular weight is 503 g/mol. The van der Waals surface area contributed by atoms with Crippen molar-refractivity contribution in [2.24, 2.45) is 0 Å². The molecule has 0 bridgehead atoms. The summed E-state index contributed by atoms with van der Waals surface area (Å²) in [5.74, 6) is 0. The predicted molar refractivity (Wildman–Crippen MR) is 163 cm³/mol. The van der Waals surface area contributed by atoms with Crippen molar-refractivity contribution in [1.82, 2.24) is 9.97 Å². The highest BCUT2D eigenvalue weighted by molar-refractivity contribution is 5.83. The first-order valence-electron chi connectivity index (χ1n) is 13.6. The molecule has 0 amide bonds. The number of hydrogen-bond acceptors (Lipinski definition) is 2. The Kier molecular flexibility index (Phi) is 5.28. The SMILES string of the molecule is Cc1cc(-c2ccc3c(n2)-c2ccccc2C3(C)C)ccc1-c1ccc(-c2ccc3ccccc3n2)cc1C. The highest BCUT2D eigenvalue weighted by Gasteiger charge is 2.36. The molecule has 1 aliphatic rings. The number of rotatable bonds is 3. The molecule has 2 nitrogen and oxygen atoms in total. The maximum atomic E-state index is 5.18. The number of fused-ring (bicyclic) bond motifs is 4. The van der Waals surface area contributed by atoms with Gasteiger partial charge in [-0.15, -0.1) is 0 Å². The molecule has 0 radical (unpaired) electrons. The number of hydrogen-bond donors (Lipinski definition) is 0. The number of benzene rings is 4. The van der Waals surface area contributed by atoms with E-state index in [1.807, 2.05) is 6.07 Å². The monoisotopic (exact) mass is 502 g/mol. The van der Waals surface area contributed by atoms with Crippen LogP contribution in [0, 0.1) is 13.8 Å². The number of aryl methyl sites for hydroxylation is 2. The Balaban J connectivity index is 1.23. The quantitative estimate of drug-likeness (QED) is 0.241. The van der Waals surface area contributed by atoms with Crippen LogP contribution < -0.4 is 0 Å². The lowest BCUT2D eigenvalue weighted by molar-refractivity contribution is 0.659. The van der Waals surface area contributed by atoms with Gasteiger partial charge in [0.05, 0.1) is 22.6 Å². The van der Waals surface area contributed by atoms with E-state index in [0.717, 1.165) is 39.1 Å². The predicted octanol–water partition coefficient (Wildman–Crippen LogP) is 9.55. The molecule has 0 saturated carbocycles. The van der Waals surface area contributed by atoms with E-state index in [4.69, 9.17) is 9.97 Å². The van der Waals surface area contributed by atoms with Gasteiger partial charge in [-0.25, -0.2) is 9.97 Å². The van der Waals surface area contributed by atoms with Crippen molar-refractivity contribution in [2.75, 3.05) is 0 Å². The van der Waals surface area contributed by atoms with Crippen molar-refractivity contribution in [1.29, 1.82) is 0 Å². The average Bonchev–Trinajstić information content (AvgIpc) is 3.19. The maximum absolute atomic E-state index is 5.18. The van der Waals surface area contributed by atoms with Gasteiger partial charge >= 0.3 is 0 Å². The summed E-state index contributed by atoms with van der Waals surface area (Å²) < 4.78 is 0. The smallest absolute Gasteiger partial charge is 0.0753 e. The minimum Gasteiger partial charge on any atom is -0.248 e. The van der Waals surface area contributed by atoms with E-state index in [1.165, 1.54) is 38.9 Å². The molecule has 2 heterocycles. The fraction of sp³-hybridized carbons (Fsp3) is 0.135. The molecule has 1 aliphatic carbocycles. The molecule has 39 heavy (non-hydrogen) atoms. The molecule has 2 heteroatoms. The molecule has 0 aliphatic heterocycles. The molecule has 0 fully saturated rings. The van der Waals surface area contributed by atoms with E-state index in [1.54, 1.807) is 0 Å². The van der Waals surface area contributed by atoms with Gasteiger partial charge in [0, 0.05) is 27.5 Å². The summed E-state index contributed by atoms with van der Waals surface area (Å²) in [4.78, 5) is 10.1. The Hall–Kier alpha value is -4.56. The zero-order valence-electron chi connectivity index (χ0n) is 22.8. The van der Waals surface area contributed by atoms with E-state index in [0.29, 0.717) is 0 Å². The second kappa shape index (κ2) is 8.74. The number of aromatic nitrogens is 2. The molecule has 0 spiro atoms. The largest absolute Gasteiger partial charge is 0.248 e. The highest BCUT2D eigenvalue weighted by Crippen LogP contribution is 2.48. The number of pyridine rings is 2. The van der Waals surface area contributed by atoms with Gasteiger partial charge in [-0.3, -0.25) is 0 Å². The van der Waals surface area contributed by atoms with Crippen LogP contribution in [-0.2, 0) is 5.41 Å². The maximum Gasteiger partial charge on any atom is 0.0753 e. The van der Waals surface area contributed by atoms with E-state index in [9.17, 15) is 0 Å². The summed E-state index contributed by atoms with van der Waals surface area (Å²) in [5, 5.41) is 1.16. The lowest BCUT2D eigenvalue weighted by Crippen LogP contribution is -2.14. The van der Waals surface area contributed by atoms with Crippen molar-refractivity contribution >= 4 is 10.9 Å². The van der Waals surface area contributed by atoms with Crippen molar-refractivity contribution in [3.63, 3.8) is 0 Å². The molecule has 0 atom stereocenters. The van der Waals surface area contributed by atoms with Crippen LogP contribution in [0.4, 0.5) is 0 Å². The minimum absolute atomic E-state index is 0.0245. The van der Waals surface area contributed by atoms with Gasteiger partial charge in [-0.05, 0) is 77.6 Å². The van der Waals surface area contributed by atoms with Crippen molar-refractivity contribution in [3.8, 4) is 44.9 Å². The molecule has 0 unspecified atom stereocenters. The zero-order valence-corrected chi connectivity index (χ0v) is 22.8. The first-order valence-corrected chi connectivity index (χ1v) is 13.6. The molecule has 6 aromatic rings. The summed E-state index contributed by atoms with van der Waals surface area (Å²) in [7, 11) is 0. The highest BCUT2D eigenvalue weighted by atomic mass is 14.7. The van der Waals surface area contributed by atoms with Gasteiger partial charge in [0.2, 0.25) is 0 Å². The van der Waals surface area contributed by atoms with Gasteiger partial charge in [0.15, 0.2) is 0 Å². The van der Waals surface area contributed by atoms with Gasteiger partial charge < -0.3 is 0 Å². The summed E-state index contributed by atoms with van der Waals surface area (Å²) in [6.07, 6.45) is 0. The molecule has 7 rings (SSSR count). The topological polar surface area (TPSA) is 25.8 Å². The van der Waals surface area contributed by atoms with Crippen LogP contribution in [0.15, 0.2) is 109 Å². The zero-order chi connectivity index (χ0) is 26.7. The number of nitrogens with zero attached hydrogens (tertiary/aromatic N) is 2. The Morgan fingerprint density at radius 1 is 0.513 bits per heavy atom. The normalized spacial score (nSPS) is 13.3. The van der Waals surface area contributed by atoms with Gasteiger partial charge in [0.1, 0.15) is 0 Å². The first kappa shape index (κ1) is 23.5. The van der Waals surface area contributed by atoms with E-state index >= 15 is 0 Å². The Morgan fingerprint density at radius 2 is 1.13 bits per heavy atom. The van der Waals surface area contributed by atoms with Crippen LogP contribution in [0.25, 0.3) is 55.8 Å². The lowest BCUT2D eigenvalue weighted by atomic mass is 9.83. The van der Waals surface area contributed by atoms with Crippen LogP contribution in [0.1, 0.15) is 36.1 Å². The van der Waals surface area contributed by atoms with Crippen molar-refractivity contribution in [3.05, 3.63) is 131 Å². The van der Waals surface area contributed by atoms with Crippen LogP contribution in [-0.4, -0.2) is 9.97 Å². The third kappa shape index (κ3) is 3.79. The Labute approximate surface area is 230 Å². The summed E-state index contributed by atoms with van der Waals surface area (Å²) in [6, 6.07) is 39.0. The van der Waals surface area contributed by atoms with Gasteiger partial charge in [-0.2, -0.15) is 0 Å². The second-order valence-electron chi connectivity index (χ2n) is 11.2. The molecule has 0 saturated heterocycles. The van der Waals surface area contributed by atoms with Crippen LogP contribution in [0.3, 0.4) is 0 Å². The van der Waals surface area contributed by atoms with Crippen LogP contribution in [0.5, 0.6) is 0 Å².